The molecule has 2 atom stereocenters. The van der Waals surface area contributed by atoms with Gasteiger partial charge in [0.05, 0.1) is 18.2 Å². The fraction of sp³-hybridized carbons (Fsp3) is 0.900. The molecule has 0 aromatic heterocycles. The summed E-state index contributed by atoms with van der Waals surface area (Å²) in [6.07, 6.45) is 2.76. The van der Waals surface area contributed by atoms with Gasteiger partial charge in [-0.15, -0.1) is 0 Å². The lowest BCUT2D eigenvalue weighted by molar-refractivity contribution is 0.0710. The second-order valence-corrected chi connectivity index (χ2v) is 4.06. The molecule has 2 N–H and O–H groups in total. The third-order valence-corrected chi connectivity index (χ3v) is 2.38. The standard InChI is InChI=1S/C10H19NO3/c1-7(2)14-10(13)11-8-5-3-4-6-9(8)12/h7-9,12H,3-6H2,1-2H3,(H,11,13)/t8?,9-/m1/s1. The van der Waals surface area contributed by atoms with Gasteiger partial charge in [0, 0.05) is 0 Å². The molecule has 1 aliphatic rings. The summed E-state index contributed by atoms with van der Waals surface area (Å²) < 4.78 is 4.94. The molecule has 14 heavy (non-hydrogen) atoms. The molecule has 1 saturated carbocycles. The van der Waals surface area contributed by atoms with Crippen LogP contribution >= 0.6 is 0 Å². The summed E-state index contributed by atoms with van der Waals surface area (Å²) in [5, 5.41) is 12.3. The van der Waals surface area contributed by atoms with E-state index in [4.69, 9.17) is 4.74 Å². The molecule has 0 aliphatic heterocycles. The first-order valence-corrected chi connectivity index (χ1v) is 5.25. The minimum atomic E-state index is -0.425. The smallest absolute Gasteiger partial charge is 0.407 e. The van der Waals surface area contributed by atoms with Crippen LogP contribution in [0.4, 0.5) is 4.79 Å². The van der Waals surface area contributed by atoms with Crippen LogP contribution in [0.1, 0.15) is 39.5 Å². The minimum absolute atomic E-state index is 0.115. The predicted molar refractivity (Wildman–Crippen MR) is 53.0 cm³/mol. The maximum absolute atomic E-state index is 11.2. The lowest BCUT2D eigenvalue weighted by Gasteiger charge is -2.28. The maximum atomic E-state index is 11.2. The van der Waals surface area contributed by atoms with Crippen molar-refractivity contribution in [2.45, 2.75) is 57.8 Å². The Balaban J connectivity index is 2.31. The van der Waals surface area contributed by atoms with Gasteiger partial charge >= 0.3 is 6.09 Å². The second-order valence-electron chi connectivity index (χ2n) is 4.06. The third-order valence-electron chi connectivity index (χ3n) is 2.38. The Kier molecular flexibility index (Phi) is 4.20. The molecular formula is C10H19NO3. The molecule has 1 unspecified atom stereocenters. The van der Waals surface area contributed by atoms with E-state index in [0.29, 0.717) is 0 Å². The molecule has 82 valence electrons. The molecule has 0 bridgehead atoms. The molecule has 4 nitrogen and oxygen atoms in total. The number of ether oxygens (including phenoxy) is 1. The summed E-state index contributed by atoms with van der Waals surface area (Å²) in [7, 11) is 0. The van der Waals surface area contributed by atoms with E-state index in [0.717, 1.165) is 25.7 Å². The molecule has 0 spiro atoms. The number of hydrogen-bond acceptors (Lipinski definition) is 3. The van der Waals surface area contributed by atoms with Crippen molar-refractivity contribution >= 4 is 6.09 Å². The van der Waals surface area contributed by atoms with Gasteiger partial charge in [-0.1, -0.05) is 12.8 Å². The average molecular weight is 201 g/mol. The second kappa shape index (κ2) is 5.20. The normalized spacial score (nSPS) is 27.4. The zero-order chi connectivity index (χ0) is 10.6. The fourth-order valence-electron chi connectivity index (χ4n) is 1.68. The number of amides is 1. The number of hydrogen-bond donors (Lipinski definition) is 2. The van der Waals surface area contributed by atoms with Gasteiger partial charge in [-0.2, -0.15) is 0 Å². The van der Waals surface area contributed by atoms with E-state index >= 15 is 0 Å². The van der Waals surface area contributed by atoms with E-state index in [-0.39, 0.29) is 12.1 Å². The van der Waals surface area contributed by atoms with Crippen LogP contribution in [0, 0.1) is 0 Å². The van der Waals surface area contributed by atoms with Gasteiger partial charge < -0.3 is 15.2 Å². The lowest BCUT2D eigenvalue weighted by Crippen LogP contribution is -2.45. The third kappa shape index (κ3) is 3.54. The van der Waals surface area contributed by atoms with E-state index in [1.165, 1.54) is 0 Å². The van der Waals surface area contributed by atoms with Gasteiger partial charge in [-0.05, 0) is 26.7 Å². The number of alkyl carbamates (subject to hydrolysis) is 1. The summed E-state index contributed by atoms with van der Waals surface area (Å²) in [5.41, 5.74) is 0. The topological polar surface area (TPSA) is 58.6 Å². The van der Waals surface area contributed by atoms with Crippen LogP contribution in [0.2, 0.25) is 0 Å². The van der Waals surface area contributed by atoms with Crippen molar-refractivity contribution in [1.29, 1.82) is 0 Å². The Morgan fingerprint density at radius 3 is 2.64 bits per heavy atom. The summed E-state index contributed by atoms with van der Waals surface area (Å²) in [6.45, 7) is 3.60. The number of rotatable bonds is 2. The highest BCUT2D eigenvalue weighted by Crippen LogP contribution is 2.18. The zero-order valence-electron chi connectivity index (χ0n) is 8.82. The lowest BCUT2D eigenvalue weighted by atomic mass is 9.93. The van der Waals surface area contributed by atoms with Crippen LogP contribution in [0.5, 0.6) is 0 Å². The highest BCUT2D eigenvalue weighted by atomic mass is 16.6. The molecule has 1 fully saturated rings. The van der Waals surface area contributed by atoms with Gasteiger partial charge in [0.25, 0.3) is 0 Å². The number of nitrogens with one attached hydrogen (secondary N) is 1. The predicted octanol–water partition coefficient (Wildman–Crippen LogP) is 1.42. The van der Waals surface area contributed by atoms with Crippen molar-refractivity contribution in [3.63, 3.8) is 0 Å². The minimum Gasteiger partial charge on any atom is -0.447 e. The Morgan fingerprint density at radius 2 is 2.07 bits per heavy atom. The van der Waals surface area contributed by atoms with Crippen molar-refractivity contribution in [2.24, 2.45) is 0 Å². The van der Waals surface area contributed by atoms with Crippen molar-refractivity contribution in [2.75, 3.05) is 0 Å². The molecule has 1 amide bonds. The maximum Gasteiger partial charge on any atom is 0.407 e. The molecule has 0 radical (unpaired) electrons. The summed E-state index contributed by atoms with van der Waals surface area (Å²) in [4.78, 5) is 11.2. The van der Waals surface area contributed by atoms with E-state index < -0.39 is 12.2 Å². The Morgan fingerprint density at radius 1 is 1.43 bits per heavy atom. The summed E-state index contributed by atoms with van der Waals surface area (Å²) in [6, 6.07) is -0.130. The van der Waals surface area contributed by atoms with Crippen LogP contribution in [0.15, 0.2) is 0 Å². The van der Waals surface area contributed by atoms with Gasteiger partial charge in [0.15, 0.2) is 0 Å². The largest absolute Gasteiger partial charge is 0.447 e. The number of aliphatic hydroxyl groups excluding tert-OH is 1. The van der Waals surface area contributed by atoms with Crippen LogP contribution < -0.4 is 5.32 Å². The van der Waals surface area contributed by atoms with Gasteiger partial charge in [-0.25, -0.2) is 4.79 Å². The Labute approximate surface area is 84.6 Å². The van der Waals surface area contributed by atoms with Crippen LogP contribution in [-0.2, 0) is 4.74 Å². The van der Waals surface area contributed by atoms with Crippen LogP contribution in [-0.4, -0.2) is 29.4 Å². The average Bonchev–Trinajstić information content (AvgIpc) is 2.07. The Bertz CT molecular complexity index is 194. The fourth-order valence-corrected chi connectivity index (χ4v) is 1.68. The van der Waals surface area contributed by atoms with E-state index in [1.807, 2.05) is 0 Å². The highest BCUT2D eigenvalue weighted by molar-refractivity contribution is 5.67. The summed E-state index contributed by atoms with van der Waals surface area (Å²) in [5.74, 6) is 0. The molecule has 1 rings (SSSR count). The molecule has 0 aromatic carbocycles. The Hall–Kier alpha value is -0.770. The quantitative estimate of drug-likeness (QED) is 0.710. The monoisotopic (exact) mass is 201 g/mol. The van der Waals surface area contributed by atoms with E-state index in [2.05, 4.69) is 5.32 Å². The van der Waals surface area contributed by atoms with E-state index in [9.17, 15) is 9.90 Å². The molecular weight excluding hydrogens is 182 g/mol. The first-order chi connectivity index (χ1) is 6.59. The highest BCUT2D eigenvalue weighted by Gasteiger charge is 2.24. The number of carbonyl (C=O) groups is 1. The number of carbonyl (C=O) groups excluding carboxylic acids is 1. The molecule has 4 heteroatoms. The van der Waals surface area contributed by atoms with Gasteiger partial charge in [0.1, 0.15) is 0 Å². The van der Waals surface area contributed by atoms with Crippen LogP contribution in [0.3, 0.4) is 0 Å². The summed E-state index contributed by atoms with van der Waals surface area (Å²) >= 11 is 0. The van der Waals surface area contributed by atoms with Crippen molar-refractivity contribution < 1.29 is 14.6 Å². The number of aliphatic hydroxyl groups is 1. The molecule has 1 aliphatic carbocycles. The first kappa shape index (κ1) is 11.3. The molecule has 0 saturated heterocycles. The molecule has 0 aromatic rings. The van der Waals surface area contributed by atoms with Gasteiger partial charge in [-0.3, -0.25) is 0 Å². The van der Waals surface area contributed by atoms with Crippen LogP contribution in [0.25, 0.3) is 0 Å². The van der Waals surface area contributed by atoms with Gasteiger partial charge in [0.2, 0.25) is 0 Å². The van der Waals surface area contributed by atoms with Crippen molar-refractivity contribution in [1.82, 2.24) is 5.32 Å². The zero-order valence-corrected chi connectivity index (χ0v) is 8.82. The van der Waals surface area contributed by atoms with E-state index in [1.54, 1.807) is 13.8 Å². The van der Waals surface area contributed by atoms with Crippen molar-refractivity contribution in [3.8, 4) is 0 Å². The molecule has 0 heterocycles. The first-order valence-electron chi connectivity index (χ1n) is 5.25. The SMILES string of the molecule is CC(C)OC(=O)NC1CCCC[C@H]1O. The van der Waals surface area contributed by atoms with Crippen molar-refractivity contribution in [3.05, 3.63) is 0 Å².